The molecular weight excluding hydrogens is 372 g/mol. The topological polar surface area (TPSA) is 98.9 Å². The van der Waals surface area contributed by atoms with Crippen molar-refractivity contribution < 1.29 is 19.2 Å². The zero-order chi connectivity index (χ0) is 21.5. The monoisotopic (exact) mass is 398 g/mol. The number of nitro benzene ring substituents is 1. The third-order valence-electron chi connectivity index (χ3n) is 5.37. The molecule has 0 fully saturated rings. The molecule has 0 bridgehead atoms. The van der Waals surface area contributed by atoms with Crippen molar-refractivity contribution in [1.82, 2.24) is 0 Å². The standard InChI is InChI=1S/C22H26N2O5/c1-12(2)29-21(26)18-13(3)23-16-10-22(4,5)11-17(25)20(16)19(18)14-6-8-15(9-7-14)24(27)28/h6-9,12,18-19H,10-11H2,1-5H3/t18?,19-/m0/s1. The molecule has 1 aromatic rings. The van der Waals surface area contributed by atoms with Crippen LogP contribution in [0.5, 0.6) is 0 Å². The second kappa shape index (κ2) is 7.54. The van der Waals surface area contributed by atoms with Crippen molar-refractivity contribution in [3.8, 4) is 0 Å². The van der Waals surface area contributed by atoms with E-state index in [2.05, 4.69) is 4.99 Å². The molecular formula is C22H26N2O5. The lowest BCUT2D eigenvalue weighted by molar-refractivity contribution is -0.384. The number of ketones is 1. The number of hydrogen-bond acceptors (Lipinski definition) is 6. The van der Waals surface area contributed by atoms with Crippen LogP contribution in [0.15, 0.2) is 40.5 Å². The minimum absolute atomic E-state index is 0.0294. The Hall–Kier alpha value is -2.83. The van der Waals surface area contributed by atoms with E-state index in [1.165, 1.54) is 12.1 Å². The van der Waals surface area contributed by atoms with Crippen molar-refractivity contribution in [2.75, 3.05) is 0 Å². The number of allylic oxidation sites excluding steroid dienone is 2. The molecule has 0 aromatic heterocycles. The van der Waals surface area contributed by atoms with Crippen LogP contribution < -0.4 is 0 Å². The molecule has 0 radical (unpaired) electrons. The van der Waals surface area contributed by atoms with Crippen molar-refractivity contribution in [2.45, 2.75) is 59.5 Å². The molecule has 2 aliphatic rings. The first-order valence-electron chi connectivity index (χ1n) is 9.76. The van der Waals surface area contributed by atoms with Crippen molar-refractivity contribution in [2.24, 2.45) is 16.3 Å². The number of esters is 1. The molecule has 2 atom stereocenters. The molecule has 1 unspecified atom stereocenters. The number of benzene rings is 1. The first kappa shape index (κ1) is 20.9. The summed E-state index contributed by atoms with van der Waals surface area (Å²) in [4.78, 5) is 41.3. The quantitative estimate of drug-likeness (QED) is 0.426. The predicted molar refractivity (Wildman–Crippen MR) is 109 cm³/mol. The zero-order valence-corrected chi connectivity index (χ0v) is 17.4. The third-order valence-corrected chi connectivity index (χ3v) is 5.37. The van der Waals surface area contributed by atoms with E-state index in [1.807, 2.05) is 13.8 Å². The number of nitrogens with zero attached hydrogens (tertiary/aromatic N) is 2. The van der Waals surface area contributed by atoms with Crippen LogP contribution in [-0.2, 0) is 14.3 Å². The molecule has 0 saturated heterocycles. The van der Waals surface area contributed by atoms with E-state index < -0.39 is 22.7 Å². The SMILES string of the molecule is CC1=NC2=C(C(=O)CC(C)(C)C2)[C@@H](c2ccc([N+](=O)[O-])cc2)C1C(=O)OC(C)C. The van der Waals surface area contributed by atoms with Gasteiger partial charge in [0.25, 0.3) is 5.69 Å². The average molecular weight is 398 g/mol. The van der Waals surface area contributed by atoms with Crippen molar-refractivity contribution >= 4 is 23.2 Å². The number of hydrogen-bond donors (Lipinski definition) is 0. The van der Waals surface area contributed by atoms with Crippen LogP contribution in [0.1, 0.15) is 58.9 Å². The summed E-state index contributed by atoms with van der Waals surface area (Å²) in [6, 6.07) is 6.04. The Bertz CT molecular complexity index is 925. The van der Waals surface area contributed by atoms with Crippen LogP contribution in [0.3, 0.4) is 0 Å². The Kier molecular flexibility index (Phi) is 5.43. The summed E-state index contributed by atoms with van der Waals surface area (Å²) < 4.78 is 5.47. The van der Waals surface area contributed by atoms with E-state index in [-0.39, 0.29) is 23.0 Å². The lowest BCUT2D eigenvalue weighted by Gasteiger charge is -2.39. The van der Waals surface area contributed by atoms with E-state index in [1.54, 1.807) is 32.9 Å². The Labute approximate surface area is 170 Å². The molecule has 1 heterocycles. The lowest BCUT2D eigenvalue weighted by Crippen LogP contribution is -2.40. The van der Waals surface area contributed by atoms with Crippen LogP contribution in [0.4, 0.5) is 5.69 Å². The molecule has 1 aromatic carbocycles. The van der Waals surface area contributed by atoms with E-state index in [9.17, 15) is 19.7 Å². The second-order valence-corrected chi connectivity index (χ2v) is 8.84. The molecule has 1 aliphatic carbocycles. The van der Waals surface area contributed by atoms with Gasteiger partial charge < -0.3 is 4.74 Å². The number of aliphatic imine (C=N–C) groups is 1. The molecule has 0 spiro atoms. The summed E-state index contributed by atoms with van der Waals surface area (Å²) in [5.74, 6) is -1.76. The van der Waals surface area contributed by atoms with Crippen LogP contribution in [0, 0.1) is 21.4 Å². The summed E-state index contributed by atoms with van der Waals surface area (Å²) in [5, 5.41) is 11.0. The Morgan fingerprint density at radius 2 is 1.86 bits per heavy atom. The fourth-order valence-corrected chi connectivity index (χ4v) is 4.22. The maximum absolute atomic E-state index is 13.1. The summed E-state index contributed by atoms with van der Waals surface area (Å²) in [6.45, 7) is 9.37. The second-order valence-electron chi connectivity index (χ2n) is 8.84. The molecule has 29 heavy (non-hydrogen) atoms. The lowest BCUT2D eigenvalue weighted by atomic mass is 9.67. The maximum atomic E-state index is 13.1. The Morgan fingerprint density at radius 1 is 1.24 bits per heavy atom. The fraction of sp³-hybridized carbons (Fsp3) is 0.500. The number of carbonyl (C=O) groups excluding carboxylic acids is 2. The summed E-state index contributed by atoms with van der Waals surface area (Å²) >= 11 is 0. The van der Waals surface area contributed by atoms with Gasteiger partial charge in [0, 0.05) is 41.5 Å². The number of nitro groups is 1. The highest BCUT2D eigenvalue weighted by Crippen LogP contribution is 2.48. The average Bonchev–Trinajstić information content (AvgIpc) is 2.58. The molecule has 0 saturated carbocycles. The number of Topliss-reactive ketones (excluding diaryl/α,β-unsaturated/α-hetero) is 1. The minimum Gasteiger partial charge on any atom is -0.462 e. The van der Waals surface area contributed by atoms with E-state index in [4.69, 9.17) is 4.74 Å². The largest absolute Gasteiger partial charge is 0.462 e. The molecule has 7 nitrogen and oxygen atoms in total. The Morgan fingerprint density at radius 3 is 2.41 bits per heavy atom. The van der Waals surface area contributed by atoms with Gasteiger partial charge in [-0.15, -0.1) is 0 Å². The summed E-state index contributed by atoms with van der Waals surface area (Å²) in [6.07, 6.45) is 0.709. The zero-order valence-electron chi connectivity index (χ0n) is 17.4. The molecule has 154 valence electrons. The van der Waals surface area contributed by atoms with Crippen LogP contribution >= 0.6 is 0 Å². The molecule has 0 amide bonds. The Balaban J connectivity index is 2.14. The smallest absolute Gasteiger partial charge is 0.315 e. The summed E-state index contributed by atoms with van der Waals surface area (Å²) in [5.41, 5.74) is 2.28. The van der Waals surface area contributed by atoms with Gasteiger partial charge in [0.2, 0.25) is 0 Å². The molecule has 0 N–H and O–H groups in total. The normalized spacial score (nSPS) is 23.5. The first-order valence-corrected chi connectivity index (χ1v) is 9.76. The van der Waals surface area contributed by atoms with Gasteiger partial charge in [-0.25, -0.2) is 0 Å². The van der Waals surface area contributed by atoms with E-state index >= 15 is 0 Å². The van der Waals surface area contributed by atoms with Crippen LogP contribution in [0.2, 0.25) is 0 Å². The van der Waals surface area contributed by atoms with Gasteiger partial charge >= 0.3 is 5.97 Å². The van der Waals surface area contributed by atoms with E-state index in [0.29, 0.717) is 35.4 Å². The molecule has 1 aliphatic heterocycles. The van der Waals surface area contributed by atoms with Gasteiger partial charge in [0.05, 0.1) is 11.0 Å². The van der Waals surface area contributed by atoms with Gasteiger partial charge in [-0.3, -0.25) is 24.7 Å². The highest BCUT2D eigenvalue weighted by Gasteiger charge is 2.46. The minimum atomic E-state index is -0.734. The van der Waals surface area contributed by atoms with Crippen molar-refractivity contribution in [3.05, 3.63) is 51.2 Å². The van der Waals surface area contributed by atoms with Crippen LogP contribution in [0.25, 0.3) is 0 Å². The molecule has 3 rings (SSSR count). The first-order chi connectivity index (χ1) is 13.5. The third kappa shape index (κ3) is 4.13. The summed E-state index contributed by atoms with van der Waals surface area (Å²) in [7, 11) is 0. The fourth-order valence-electron chi connectivity index (χ4n) is 4.22. The van der Waals surface area contributed by atoms with Crippen LogP contribution in [-0.4, -0.2) is 28.5 Å². The molecule has 7 heteroatoms. The number of carbonyl (C=O) groups is 2. The van der Waals surface area contributed by atoms with Crippen molar-refractivity contribution in [1.29, 1.82) is 0 Å². The maximum Gasteiger partial charge on any atom is 0.315 e. The number of ether oxygens (including phenoxy) is 1. The number of rotatable bonds is 4. The number of non-ortho nitro benzene ring substituents is 1. The highest BCUT2D eigenvalue weighted by molar-refractivity contribution is 6.09. The highest BCUT2D eigenvalue weighted by atomic mass is 16.6. The van der Waals surface area contributed by atoms with Gasteiger partial charge in [-0.2, -0.15) is 0 Å². The van der Waals surface area contributed by atoms with E-state index in [0.717, 1.165) is 0 Å². The predicted octanol–water partition coefficient (Wildman–Crippen LogP) is 4.36. The van der Waals surface area contributed by atoms with Gasteiger partial charge in [0.1, 0.15) is 5.92 Å². The van der Waals surface area contributed by atoms with Gasteiger partial charge in [0.15, 0.2) is 5.78 Å². The van der Waals surface area contributed by atoms with Gasteiger partial charge in [-0.1, -0.05) is 26.0 Å². The van der Waals surface area contributed by atoms with Crippen molar-refractivity contribution in [3.63, 3.8) is 0 Å². The van der Waals surface area contributed by atoms with Gasteiger partial charge in [-0.05, 0) is 38.2 Å².